The number of phosphoric acid groups is 2. The molecule has 0 amide bonds. The highest BCUT2D eigenvalue weighted by Crippen LogP contribution is 2.44. The molecule has 3 unspecified atom stereocenters. The summed E-state index contributed by atoms with van der Waals surface area (Å²) < 4.78 is 53.5. The molecule has 19 heteroatoms. The monoisotopic (exact) mass is 930 g/mol. The Labute approximate surface area is 369 Å². The molecular weight excluding hydrogens is 850 g/mol. The van der Waals surface area contributed by atoms with Crippen molar-refractivity contribution in [3.63, 3.8) is 0 Å². The third-order valence-corrected chi connectivity index (χ3v) is 12.1. The molecule has 0 bridgehead atoms. The molecule has 0 aliphatic carbocycles. The van der Waals surface area contributed by atoms with E-state index in [2.05, 4.69) is 29.8 Å². The quantitative estimate of drug-likeness (QED) is 0.0137. The van der Waals surface area contributed by atoms with Crippen LogP contribution in [0.2, 0.25) is 0 Å². The predicted molar refractivity (Wildman–Crippen MR) is 233 cm³/mol. The van der Waals surface area contributed by atoms with Crippen molar-refractivity contribution in [1.29, 1.82) is 0 Å². The molecule has 0 radical (unpaired) electrons. The van der Waals surface area contributed by atoms with Crippen LogP contribution in [-0.4, -0.2) is 110 Å². The van der Waals surface area contributed by atoms with E-state index >= 15 is 0 Å². The smallest absolute Gasteiger partial charge is 0.462 e. The first kappa shape index (κ1) is 58.5. The molecule has 1 heterocycles. The zero-order valence-corrected chi connectivity index (χ0v) is 39.2. The van der Waals surface area contributed by atoms with E-state index in [0.717, 1.165) is 50.9 Å². The molecule has 1 saturated heterocycles. The largest absolute Gasteiger partial charge is 0.472 e. The number of unbranched alkanes of at least 4 members (excludes halogenated alkanes) is 12. The van der Waals surface area contributed by atoms with E-state index in [1.807, 2.05) is 12.2 Å². The lowest BCUT2D eigenvalue weighted by molar-refractivity contribution is -0.199. The van der Waals surface area contributed by atoms with Gasteiger partial charge in [0, 0.05) is 25.2 Å². The van der Waals surface area contributed by atoms with Crippen molar-refractivity contribution in [2.75, 3.05) is 26.4 Å². The molecule has 1 aliphatic rings. The van der Waals surface area contributed by atoms with Gasteiger partial charge >= 0.3 is 27.6 Å². The number of carbonyl (C=O) groups is 2. The lowest BCUT2D eigenvalue weighted by Gasteiger charge is -2.36. The van der Waals surface area contributed by atoms with E-state index in [1.54, 1.807) is 12.2 Å². The van der Waals surface area contributed by atoms with Gasteiger partial charge in [0.1, 0.15) is 12.7 Å². The van der Waals surface area contributed by atoms with Crippen LogP contribution in [0.4, 0.5) is 0 Å². The Hall–Kier alpha value is -1.56. The van der Waals surface area contributed by atoms with Crippen molar-refractivity contribution < 1.29 is 81.6 Å². The zero-order chi connectivity index (χ0) is 46.2. The zero-order valence-electron chi connectivity index (χ0n) is 37.4. The normalized spacial score (nSPS) is 21.5. The molecule has 9 atom stereocenters. The molecular formula is C43H80O17P2. The summed E-state index contributed by atoms with van der Waals surface area (Å²) in [5, 5.41) is 40.8. The number of aliphatic hydroxyl groups is 4. The van der Waals surface area contributed by atoms with E-state index in [0.29, 0.717) is 32.1 Å². The number of esters is 2. The number of aliphatic hydroxyl groups excluding tert-OH is 4. The SMILES string of the molecule is CCCCC[C@H](O)/C=C/[C@H]1OC(O)C[C@H](O)[C@@H]1C/C=C\CCCC(=O)O[C@H](COC(=O)CCCCCCCCCCCCC(C)CC)COP(=O)(O)OC[C@@H](O)COP(=O)(O)O. The number of carbonyl (C=O) groups excluding carboxylic acids is 2. The Morgan fingerprint density at radius 3 is 1.98 bits per heavy atom. The Morgan fingerprint density at radius 2 is 1.34 bits per heavy atom. The van der Waals surface area contributed by atoms with Crippen molar-refractivity contribution in [2.45, 2.75) is 199 Å². The second kappa shape index (κ2) is 34.7. The molecule has 7 N–H and O–H groups in total. The topological polar surface area (TPSA) is 265 Å². The minimum Gasteiger partial charge on any atom is -0.462 e. The summed E-state index contributed by atoms with van der Waals surface area (Å²) in [7, 11) is -9.78. The molecule has 0 spiro atoms. The van der Waals surface area contributed by atoms with Gasteiger partial charge in [0.25, 0.3) is 0 Å². The van der Waals surface area contributed by atoms with Gasteiger partial charge in [-0.15, -0.1) is 0 Å². The maximum atomic E-state index is 12.8. The summed E-state index contributed by atoms with van der Waals surface area (Å²) in [6.07, 6.45) is 19.3. The Bertz CT molecular complexity index is 1330. The lowest BCUT2D eigenvalue weighted by atomic mass is 9.87. The number of rotatable bonds is 38. The number of ether oxygens (including phenoxy) is 3. The minimum absolute atomic E-state index is 0.0567. The highest BCUT2D eigenvalue weighted by Gasteiger charge is 2.35. The second-order valence-corrected chi connectivity index (χ2v) is 19.1. The molecule has 0 aromatic carbocycles. The van der Waals surface area contributed by atoms with Gasteiger partial charge in [-0.25, -0.2) is 9.13 Å². The van der Waals surface area contributed by atoms with Crippen LogP contribution in [0, 0.1) is 11.8 Å². The van der Waals surface area contributed by atoms with Crippen molar-refractivity contribution in [3.05, 3.63) is 24.3 Å². The summed E-state index contributed by atoms with van der Waals surface area (Å²) in [6, 6.07) is 0. The number of allylic oxidation sites excluding steroid dienone is 2. The molecule has 0 aromatic heterocycles. The van der Waals surface area contributed by atoms with Crippen LogP contribution < -0.4 is 0 Å². The molecule has 62 heavy (non-hydrogen) atoms. The first-order chi connectivity index (χ1) is 29.4. The van der Waals surface area contributed by atoms with Crippen LogP contribution in [-0.2, 0) is 46.5 Å². The molecule has 1 fully saturated rings. The average molecular weight is 931 g/mol. The Kier molecular flexibility index (Phi) is 32.8. The molecule has 1 rings (SSSR count). The molecule has 0 saturated carbocycles. The first-order valence-corrected chi connectivity index (χ1v) is 25.8. The fourth-order valence-electron chi connectivity index (χ4n) is 6.72. The Balaban J connectivity index is 2.61. The van der Waals surface area contributed by atoms with Crippen LogP contribution in [0.15, 0.2) is 24.3 Å². The van der Waals surface area contributed by atoms with E-state index in [1.165, 1.54) is 44.9 Å². The maximum Gasteiger partial charge on any atom is 0.472 e. The van der Waals surface area contributed by atoms with Crippen molar-refractivity contribution in [1.82, 2.24) is 0 Å². The van der Waals surface area contributed by atoms with Crippen LogP contribution in [0.3, 0.4) is 0 Å². The molecule has 364 valence electrons. The van der Waals surface area contributed by atoms with E-state index in [4.69, 9.17) is 28.5 Å². The third-order valence-electron chi connectivity index (χ3n) is 10.7. The van der Waals surface area contributed by atoms with Crippen molar-refractivity contribution in [3.8, 4) is 0 Å². The van der Waals surface area contributed by atoms with Gasteiger partial charge in [-0.05, 0) is 38.0 Å². The van der Waals surface area contributed by atoms with E-state index in [-0.39, 0.29) is 25.2 Å². The summed E-state index contributed by atoms with van der Waals surface area (Å²) in [5.41, 5.74) is 0. The second-order valence-electron chi connectivity index (χ2n) is 16.5. The highest BCUT2D eigenvalue weighted by atomic mass is 31.2. The van der Waals surface area contributed by atoms with Crippen molar-refractivity contribution >= 4 is 27.6 Å². The van der Waals surface area contributed by atoms with Gasteiger partial charge < -0.3 is 49.3 Å². The fourth-order valence-corrected chi connectivity index (χ4v) is 7.87. The van der Waals surface area contributed by atoms with Gasteiger partial charge in [0.2, 0.25) is 0 Å². The predicted octanol–water partition coefficient (Wildman–Crippen LogP) is 7.47. The molecule has 0 aromatic rings. The number of hydrogen-bond donors (Lipinski definition) is 7. The average Bonchev–Trinajstić information content (AvgIpc) is 3.21. The van der Waals surface area contributed by atoms with Gasteiger partial charge in [0.15, 0.2) is 12.4 Å². The van der Waals surface area contributed by atoms with Crippen LogP contribution in [0.1, 0.15) is 162 Å². The lowest BCUT2D eigenvalue weighted by Crippen LogP contribution is -2.43. The highest BCUT2D eigenvalue weighted by molar-refractivity contribution is 7.47. The van der Waals surface area contributed by atoms with Crippen molar-refractivity contribution in [2.24, 2.45) is 11.8 Å². The summed E-state index contributed by atoms with van der Waals surface area (Å²) in [4.78, 5) is 53.0. The van der Waals surface area contributed by atoms with E-state index < -0.39 is 90.8 Å². The van der Waals surface area contributed by atoms with Crippen LogP contribution >= 0.6 is 15.6 Å². The first-order valence-electron chi connectivity index (χ1n) is 22.8. The third kappa shape index (κ3) is 32.2. The maximum absolute atomic E-state index is 12.8. The van der Waals surface area contributed by atoms with Gasteiger partial charge in [-0.2, -0.15) is 0 Å². The summed E-state index contributed by atoms with van der Waals surface area (Å²) >= 11 is 0. The molecule has 17 nitrogen and oxygen atoms in total. The summed E-state index contributed by atoms with van der Waals surface area (Å²) in [5.74, 6) is -0.784. The number of phosphoric ester groups is 2. The Morgan fingerprint density at radius 1 is 0.742 bits per heavy atom. The van der Waals surface area contributed by atoms with Gasteiger partial charge in [-0.3, -0.25) is 23.2 Å². The minimum atomic E-state index is -4.90. The van der Waals surface area contributed by atoms with Crippen LogP contribution in [0.25, 0.3) is 0 Å². The number of hydrogen-bond acceptors (Lipinski definition) is 14. The van der Waals surface area contributed by atoms with Gasteiger partial charge in [-0.1, -0.05) is 135 Å². The summed E-state index contributed by atoms with van der Waals surface area (Å²) in [6.45, 7) is 3.66. The van der Waals surface area contributed by atoms with Crippen LogP contribution in [0.5, 0.6) is 0 Å². The van der Waals surface area contributed by atoms with Gasteiger partial charge in [0.05, 0.1) is 38.1 Å². The molecule has 1 aliphatic heterocycles. The standard InChI is InChI=1S/C43H80O17P2/c1-4-6-17-23-35(44)27-28-40-38(39(46)29-43(49)60-40)24-19-15-16-21-26-42(48)59-37(33-58-62(53,54)57-31-36(45)30-56-61(50,51)52)32-55-41(47)25-20-14-12-10-8-7-9-11-13-18-22-34(3)5-2/h15,19,27-28,34-40,43-46,49H,4-14,16-18,20-26,29-33H2,1-3H3,(H,53,54)(H2,50,51,52)/b19-15-,28-27+/t34?,35-,36-,37+,38-,39-,40+,43?/m0/s1. The fraction of sp³-hybridized carbons (Fsp3) is 0.860. The van der Waals surface area contributed by atoms with E-state index in [9.17, 15) is 44.0 Å².